The normalized spacial score (nSPS) is 10.3. The molecule has 112 valence electrons. The fourth-order valence-corrected chi connectivity index (χ4v) is 2.04. The van der Waals surface area contributed by atoms with Crippen LogP contribution in [0.5, 0.6) is 0 Å². The van der Waals surface area contributed by atoms with Crippen LogP contribution in [0.1, 0.15) is 22.4 Å². The Labute approximate surface area is 124 Å². The van der Waals surface area contributed by atoms with Gasteiger partial charge in [-0.15, -0.1) is 0 Å². The van der Waals surface area contributed by atoms with Gasteiger partial charge in [0.1, 0.15) is 17.4 Å². The number of halogens is 1. The maximum absolute atomic E-state index is 13.9. The number of hydrogen-bond donors (Lipinski definition) is 0. The molecule has 0 saturated carbocycles. The number of nitro benzene ring substituents is 1. The largest absolute Gasteiger partial charge is 0.285 e. The van der Waals surface area contributed by atoms with Gasteiger partial charge in [-0.1, -0.05) is 6.07 Å². The molecule has 2 aromatic rings. The van der Waals surface area contributed by atoms with Crippen molar-refractivity contribution >= 4 is 5.69 Å². The summed E-state index contributed by atoms with van der Waals surface area (Å²) in [6, 6.07) is 5.22. The highest BCUT2D eigenvalue weighted by Gasteiger charge is 2.20. The smallest absolute Gasteiger partial charge is 0.266 e. The summed E-state index contributed by atoms with van der Waals surface area (Å²) < 4.78 is 14.7. The van der Waals surface area contributed by atoms with Crippen LogP contribution < -0.4 is 5.56 Å². The number of benzene rings is 1. The number of nitriles is 1. The van der Waals surface area contributed by atoms with Gasteiger partial charge >= 0.3 is 0 Å². The third kappa shape index (κ3) is 2.56. The fourth-order valence-electron chi connectivity index (χ4n) is 2.04. The molecule has 1 aromatic heterocycles. The van der Waals surface area contributed by atoms with Gasteiger partial charge in [-0.25, -0.2) is 9.07 Å². The quantitative estimate of drug-likeness (QED) is 0.635. The minimum atomic E-state index is -0.806. The van der Waals surface area contributed by atoms with Gasteiger partial charge in [0.25, 0.3) is 11.2 Å². The fraction of sp³-hybridized carbons (Fsp3) is 0.214. The van der Waals surface area contributed by atoms with Gasteiger partial charge in [0.15, 0.2) is 0 Å². The molecule has 0 radical (unpaired) electrons. The Morgan fingerprint density at radius 1 is 1.45 bits per heavy atom. The number of aryl methyl sites for hydroxylation is 1. The maximum Gasteiger partial charge on any atom is 0.285 e. The molecule has 0 N–H and O–H groups in total. The second-order valence-corrected chi connectivity index (χ2v) is 4.65. The molecule has 0 spiro atoms. The molecule has 0 aliphatic heterocycles. The topological polar surface area (TPSA) is 102 Å². The SMILES string of the molecule is Cc1nn(Cc2c(F)cccc2[N+](=O)[O-])c(=O)c(C#N)c1C. The first-order valence-corrected chi connectivity index (χ1v) is 6.27. The van der Waals surface area contributed by atoms with Crippen LogP contribution in [0.4, 0.5) is 10.1 Å². The van der Waals surface area contributed by atoms with Crippen LogP contribution in [0.15, 0.2) is 23.0 Å². The van der Waals surface area contributed by atoms with Crippen molar-refractivity contribution in [2.75, 3.05) is 0 Å². The van der Waals surface area contributed by atoms with E-state index in [2.05, 4.69) is 5.10 Å². The molecule has 0 fully saturated rings. The molecule has 7 nitrogen and oxygen atoms in total. The molecule has 0 aliphatic carbocycles. The summed E-state index contributed by atoms with van der Waals surface area (Å²) >= 11 is 0. The second-order valence-electron chi connectivity index (χ2n) is 4.65. The van der Waals surface area contributed by atoms with Crippen molar-refractivity contribution in [3.05, 3.63) is 66.9 Å². The Morgan fingerprint density at radius 3 is 2.73 bits per heavy atom. The van der Waals surface area contributed by atoms with Gasteiger partial charge in [0, 0.05) is 6.07 Å². The number of nitro groups is 1. The molecule has 8 heteroatoms. The van der Waals surface area contributed by atoms with Gasteiger partial charge in [-0.3, -0.25) is 14.9 Å². The van der Waals surface area contributed by atoms with Crippen LogP contribution in [0.3, 0.4) is 0 Å². The van der Waals surface area contributed by atoms with Crippen LogP contribution in [-0.4, -0.2) is 14.7 Å². The van der Waals surface area contributed by atoms with Gasteiger partial charge < -0.3 is 0 Å². The van der Waals surface area contributed by atoms with Crippen LogP contribution in [0.25, 0.3) is 0 Å². The molecular weight excluding hydrogens is 291 g/mol. The lowest BCUT2D eigenvalue weighted by molar-refractivity contribution is -0.385. The third-order valence-electron chi connectivity index (χ3n) is 3.35. The molecule has 1 aromatic carbocycles. The van der Waals surface area contributed by atoms with E-state index in [4.69, 9.17) is 5.26 Å². The molecule has 1 heterocycles. The lowest BCUT2D eigenvalue weighted by Crippen LogP contribution is -2.28. The van der Waals surface area contributed by atoms with Crippen LogP contribution >= 0.6 is 0 Å². The Morgan fingerprint density at radius 2 is 2.14 bits per heavy atom. The highest BCUT2D eigenvalue weighted by molar-refractivity contribution is 5.41. The van der Waals surface area contributed by atoms with E-state index in [1.54, 1.807) is 19.9 Å². The average molecular weight is 302 g/mol. The predicted octanol–water partition coefficient (Wildman–Crippen LogP) is 1.83. The molecule has 0 amide bonds. The van der Waals surface area contributed by atoms with Gasteiger partial charge in [0.2, 0.25) is 0 Å². The first-order chi connectivity index (χ1) is 10.4. The molecule has 22 heavy (non-hydrogen) atoms. The monoisotopic (exact) mass is 302 g/mol. The van der Waals surface area contributed by atoms with Crippen LogP contribution in [0, 0.1) is 41.1 Å². The van der Waals surface area contributed by atoms with E-state index < -0.39 is 28.5 Å². The molecule has 0 unspecified atom stereocenters. The van der Waals surface area contributed by atoms with Crippen LogP contribution in [-0.2, 0) is 6.54 Å². The second kappa shape index (κ2) is 5.73. The summed E-state index contributed by atoms with van der Waals surface area (Å²) in [5.74, 6) is -0.806. The number of rotatable bonds is 3. The molecule has 0 bridgehead atoms. The predicted molar refractivity (Wildman–Crippen MR) is 74.8 cm³/mol. The first kappa shape index (κ1) is 15.3. The van der Waals surface area contributed by atoms with Gasteiger partial charge in [0.05, 0.1) is 22.7 Å². The van der Waals surface area contributed by atoms with Gasteiger partial charge in [-0.2, -0.15) is 10.4 Å². The van der Waals surface area contributed by atoms with Crippen molar-refractivity contribution in [1.29, 1.82) is 5.26 Å². The summed E-state index contributed by atoms with van der Waals surface area (Å²) in [7, 11) is 0. The molecule has 0 aliphatic rings. The minimum Gasteiger partial charge on any atom is -0.266 e. The Hall–Kier alpha value is -3.08. The zero-order valence-corrected chi connectivity index (χ0v) is 11.8. The van der Waals surface area contributed by atoms with Crippen molar-refractivity contribution in [2.24, 2.45) is 0 Å². The highest BCUT2D eigenvalue weighted by atomic mass is 19.1. The van der Waals surface area contributed by atoms with Crippen LogP contribution in [0.2, 0.25) is 0 Å². The van der Waals surface area contributed by atoms with Crippen molar-refractivity contribution in [2.45, 2.75) is 20.4 Å². The van der Waals surface area contributed by atoms with E-state index in [-0.39, 0.29) is 11.1 Å². The lowest BCUT2D eigenvalue weighted by atomic mass is 10.1. The summed E-state index contributed by atoms with van der Waals surface area (Å²) in [6.45, 7) is 2.76. The molecule has 0 saturated heterocycles. The van der Waals surface area contributed by atoms with E-state index in [0.29, 0.717) is 11.3 Å². The van der Waals surface area contributed by atoms with E-state index in [9.17, 15) is 19.3 Å². The molecule has 2 rings (SSSR count). The summed E-state index contributed by atoms with van der Waals surface area (Å²) in [5.41, 5.74) is -0.642. The van der Waals surface area contributed by atoms with Crippen molar-refractivity contribution in [1.82, 2.24) is 9.78 Å². The van der Waals surface area contributed by atoms with Crippen molar-refractivity contribution < 1.29 is 9.31 Å². The third-order valence-corrected chi connectivity index (χ3v) is 3.35. The highest BCUT2D eigenvalue weighted by Crippen LogP contribution is 2.21. The first-order valence-electron chi connectivity index (χ1n) is 6.27. The maximum atomic E-state index is 13.9. The van der Waals surface area contributed by atoms with E-state index >= 15 is 0 Å². The van der Waals surface area contributed by atoms with E-state index in [1.165, 1.54) is 6.07 Å². The lowest BCUT2D eigenvalue weighted by Gasteiger charge is -2.10. The standard InChI is InChI=1S/C14H11FN4O3/c1-8-9(2)17-18(14(20)10(8)6-16)7-11-12(15)4-3-5-13(11)19(21)22/h3-5H,7H2,1-2H3. The summed E-state index contributed by atoms with van der Waals surface area (Å²) in [5, 5.41) is 24.0. The average Bonchev–Trinajstić information content (AvgIpc) is 2.47. The molecule has 0 atom stereocenters. The summed E-state index contributed by atoms with van der Waals surface area (Å²) in [6.07, 6.45) is 0. The zero-order valence-electron chi connectivity index (χ0n) is 11.8. The Kier molecular flexibility index (Phi) is 3.99. The number of nitrogens with zero attached hydrogens (tertiary/aromatic N) is 4. The Bertz CT molecular complexity index is 868. The number of hydrogen-bond acceptors (Lipinski definition) is 5. The van der Waals surface area contributed by atoms with Crippen molar-refractivity contribution in [3.63, 3.8) is 0 Å². The zero-order chi connectivity index (χ0) is 16.4. The van der Waals surface area contributed by atoms with E-state index in [0.717, 1.165) is 16.8 Å². The Balaban J connectivity index is 2.64. The van der Waals surface area contributed by atoms with E-state index in [1.807, 2.05) is 0 Å². The summed E-state index contributed by atoms with van der Waals surface area (Å²) in [4.78, 5) is 22.4. The van der Waals surface area contributed by atoms with Crippen molar-refractivity contribution in [3.8, 4) is 6.07 Å². The minimum absolute atomic E-state index is 0.105. The number of aromatic nitrogens is 2. The van der Waals surface area contributed by atoms with Gasteiger partial charge in [-0.05, 0) is 25.5 Å². The molecular formula is C14H11FN4O3.